The summed E-state index contributed by atoms with van der Waals surface area (Å²) in [5, 5.41) is 1.03. The molecule has 0 bridgehead atoms. The third-order valence-electron chi connectivity index (χ3n) is 2.86. The first-order chi connectivity index (χ1) is 7.83. The number of rotatable bonds is 1. The van der Waals surface area contributed by atoms with Crippen LogP contribution >= 0.6 is 11.3 Å². The Bertz CT molecular complexity index is 492. The fourth-order valence-corrected chi connectivity index (χ4v) is 3.18. The highest BCUT2D eigenvalue weighted by atomic mass is 32.1. The lowest BCUT2D eigenvalue weighted by atomic mass is 9.99. The number of nitrogens with two attached hydrogens (primary N) is 1. The summed E-state index contributed by atoms with van der Waals surface area (Å²) in [4.78, 5) is 10.3. The molecule has 0 spiro atoms. The summed E-state index contributed by atoms with van der Waals surface area (Å²) in [6.07, 6.45) is 4.85. The number of pyridine rings is 1. The Morgan fingerprint density at radius 3 is 3.12 bits per heavy atom. The van der Waals surface area contributed by atoms with Gasteiger partial charge >= 0.3 is 0 Å². The van der Waals surface area contributed by atoms with Crippen molar-refractivity contribution in [3.8, 4) is 10.7 Å². The summed E-state index contributed by atoms with van der Waals surface area (Å²) in [6.45, 7) is 0. The monoisotopic (exact) mass is 231 g/mol. The smallest absolute Gasteiger partial charge is 0.142 e. The highest BCUT2D eigenvalue weighted by Crippen LogP contribution is 2.31. The number of aryl methyl sites for hydroxylation is 1. The van der Waals surface area contributed by atoms with E-state index in [9.17, 15) is 0 Å². The van der Waals surface area contributed by atoms with E-state index in [1.54, 1.807) is 11.3 Å². The van der Waals surface area contributed by atoms with Crippen LogP contribution in [-0.2, 0) is 12.8 Å². The van der Waals surface area contributed by atoms with Gasteiger partial charge in [0.05, 0.1) is 11.4 Å². The van der Waals surface area contributed by atoms with Crippen LogP contribution in [0.1, 0.15) is 17.0 Å². The maximum atomic E-state index is 5.96. The molecule has 0 fully saturated rings. The second kappa shape index (κ2) is 3.96. The summed E-state index contributed by atoms with van der Waals surface area (Å²) >= 11 is 1.74. The number of hydrogen-bond acceptors (Lipinski definition) is 4. The van der Waals surface area contributed by atoms with Crippen LogP contribution in [0.5, 0.6) is 0 Å². The van der Waals surface area contributed by atoms with Crippen LogP contribution in [0.15, 0.2) is 24.4 Å². The van der Waals surface area contributed by atoms with Crippen LogP contribution < -0.4 is 5.73 Å². The van der Waals surface area contributed by atoms with Crippen LogP contribution in [0, 0.1) is 0 Å². The molecule has 1 aliphatic rings. The van der Waals surface area contributed by atoms with Gasteiger partial charge in [-0.3, -0.25) is 4.98 Å². The van der Waals surface area contributed by atoms with E-state index in [1.807, 2.05) is 24.4 Å². The first-order valence-electron chi connectivity index (χ1n) is 5.48. The quantitative estimate of drug-likeness (QED) is 0.817. The molecule has 1 atom stereocenters. The van der Waals surface area contributed by atoms with Crippen molar-refractivity contribution in [1.82, 2.24) is 9.97 Å². The normalized spacial score (nSPS) is 19.4. The minimum atomic E-state index is 0.310. The summed E-state index contributed by atoms with van der Waals surface area (Å²) in [7, 11) is 0. The van der Waals surface area contributed by atoms with E-state index in [2.05, 4.69) is 9.97 Å². The SMILES string of the molecule is NC1CCc2nc(-c3ccccn3)sc2C1. The first kappa shape index (κ1) is 9.93. The second-order valence-corrected chi connectivity index (χ2v) is 5.19. The topological polar surface area (TPSA) is 51.8 Å². The molecule has 2 heterocycles. The largest absolute Gasteiger partial charge is 0.327 e. The van der Waals surface area contributed by atoms with E-state index >= 15 is 0 Å². The van der Waals surface area contributed by atoms with Crippen molar-refractivity contribution in [3.63, 3.8) is 0 Å². The zero-order chi connectivity index (χ0) is 11.0. The fraction of sp³-hybridized carbons (Fsp3) is 0.333. The van der Waals surface area contributed by atoms with Gasteiger partial charge in [-0.2, -0.15) is 0 Å². The van der Waals surface area contributed by atoms with Crippen molar-refractivity contribution in [2.75, 3.05) is 0 Å². The molecule has 3 nitrogen and oxygen atoms in total. The zero-order valence-electron chi connectivity index (χ0n) is 8.89. The lowest BCUT2D eigenvalue weighted by molar-refractivity contribution is 0.576. The average Bonchev–Trinajstić information content (AvgIpc) is 2.73. The van der Waals surface area contributed by atoms with Crippen molar-refractivity contribution >= 4 is 11.3 Å². The Hall–Kier alpha value is -1.26. The molecule has 0 saturated carbocycles. The number of aromatic nitrogens is 2. The van der Waals surface area contributed by atoms with E-state index in [0.29, 0.717) is 6.04 Å². The summed E-state index contributed by atoms with van der Waals surface area (Å²) in [6, 6.07) is 6.23. The van der Waals surface area contributed by atoms with Gasteiger partial charge in [-0.1, -0.05) is 6.07 Å². The zero-order valence-corrected chi connectivity index (χ0v) is 9.70. The predicted octanol–water partition coefficient (Wildman–Crippen LogP) is 2.02. The van der Waals surface area contributed by atoms with Gasteiger partial charge < -0.3 is 5.73 Å². The summed E-state index contributed by atoms with van der Waals surface area (Å²) in [5.41, 5.74) is 8.16. The number of nitrogens with zero attached hydrogens (tertiary/aromatic N) is 2. The molecule has 4 heteroatoms. The molecule has 3 rings (SSSR count). The van der Waals surface area contributed by atoms with Gasteiger partial charge in [0.25, 0.3) is 0 Å². The minimum absolute atomic E-state index is 0.310. The fourth-order valence-electron chi connectivity index (χ4n) is 2.00. The molecule has 1 unspecified atom stereocenters. The van der Waals surface area contributed by atoms with Gasteiger partial charge in [-0.05, 0) is 31.4 Å². The molecule has 2 N–H and O–H groups in total. The Kier molecular flexibility index (Phi) is 2.46. The highest BCUT2D eigenvalue weighted by molar-refractivity contribution is 7.15. The summed E-state index contributed by atoms with van der Waals surface area (Å²) < 4.78 is 0. The molecular formula is C12H13N3S. The Morgan fingerprint density at radius 2 is 2.31 bits per heavy atom. The van der Waals surface area contributed by atoms with E-state index in [1.165, 1.54) is 10.6 Å². The molecule has 0 amide bonds. The third-order valence-corrected chi connectivity index (χ3v) is 4.00. The lowest BCUT2D eigenvalue weighted by Crippen LogP contribution is -2.26. The number of fused-ring (bicyclic) bond motifs is 1. The molecule has 1 aliphatic carbocycles. The maximum absolute atomic E-state index is 5.96. The third kappa shape index (κ3) is 1.74. The van der Waals surface area contributed by atoms with Crippen LogP contribution in [0.2, 0.25) is 0 Å². The minimum Gasteiger partial charge on any atom is -0.327 e. The van der Waals surface area contributed by atoms with Gasteiger partial charge in [0.1, 0.15) is 5.01 Å². The van der Waals surface area contributed by atoms with E-state index in [4.69, 9.17) is 5.73 Å². The van der Waals surface area contributed by atoms with E-state index in [-0.39, 0.29) is 0 Å². The van der Waals surface area contributed by atoms with Crippen molar-refractivity contribution < 1.29 is 0 Å². The van der Waals surface area contributed by atoms with Crippen molar-refractivity contribution in [2.45, 2.75) is 25.3 Å². The number of hydrogen-bond donors (Lipinski definition) is 1. The van der Waals surface area contributed by atoms with Crippen molar-refractivity contribution in [3.05, 3.63) is 35.0 Å². The molecule has 0 aromatic carbocycles. The van der Waals surface area contributed by atoms with E-state index < -0.39 is 0 Å². The molecule has 0 saturated heterocycles. The van der Waals surface area contributed by atoms with Gasteiger partial charge in [-0.15, -0.1) is 11.3 Å². The van der Waals surface area contributed by atoms with Gasteiger partial charge in [0, 0.05) is 17.1 Å². The number of thiazole rings is 1. The molecule has 2 aromatic heterocycles. The molecular weight excluding hydrogens is 218 g/mol. The maximum Gasteiger partial charge on any atom is 0.142 e. The van der Waals surface area contributed by atoms with Gasteiger partial charge in [0.2, 0.25) is 0 Å². The Balaban J connectivity index is 1.99. The predicted molar refractivity (Wildman–Crippen MR) is 65.3 cm³/mol. The second-order valence-electron chi connectivity index (χ2n) is 4.11. The molecule has 0 radical (unpaired) electrons. The van der Waals surface area contributed by atoms with Crippen molar-refractivity contribution in [2.24, 2.45) is 5.73 Å². The van der Waals surface area contributed by atoms with Crippen LogP contribution in [0.4, 0.5) is 0 Å². The first-order valence-corrected chi connectivity index (χ1v) is 6.30. The molecule has 0 aliphatic heterocycles. The van der Waals surface area contributed by atoms with Crippen LogP contribution in [0.25, 0.3) is 10.7 Å². The Morgan fingerprint density at radius 1 is 1.38 bits per heavy atom. The van der Waals surface area contributed by atoms with Crippen molar-refractivity contribution in [1.29, 1.82) is 0 Å². The highest BCUT2D eigenvalue weighted by Gasteiger charge is 2.20. The van der Waals surface area contributed by atoms with Gasteiger partial charge in [-0.25, -0.2) is 4.98 Å². The summed E-state index contributed by atoms with van der Waals surface area (Å²) in [5.74, 6) is 0. The van der Waals surface area contributed by atoms with Gasteiger partial charge in [0.15, 0.2) is 0 Å². The lowest BCUT2D eigenvalue weighted by Gasteiger charge is -2.15. The Labute approximate surface area is 98.4 Å². The average molecular weight is 231 g/mol. The standard InChI is InChI=1S/C12H13N3S/c13-8-4-5-9-11(7-8)16-12(15-9)10-3-1-2-6-14-10/h1-3,6,8H,4-5,7,13H2. The molecule has 16 heavy (non-hydrogen) atoms. The van der Waals surface area contributed by atoms with Crippen LogP contribution in [-0.4, -0.2) is 16.0 Å². The van der Waals surface area contributed by atoms with Crippen LogP contribution in [0.3, 0.4) is 0 Å². The molecule has 2 aromatic rings. The van der Waals surface area contributed by atoms with E-state index in [0.717, 1.165) is 30.0 Å². The molecule has 82 valence electrons.